The Hall–Kier alpha value is -2.68. The van der Waals surface area contributed by atoms with E-state index in [-0.39, 0.29) is 0 Å². The van der Waals surface area contributed by atoms with Crippen LogP contribution in [0.1, 0.15) is 0 Å². The number of benzene rings is 3. The van der Waals surface area contributed by atoms with E-state index in [0.717, 1.165) is 21.6 Å². The van der Waals surface area contributed by atoms with Crippen molar-refractivity contribution >= 4 is 34.8 Å². The number of amides is 1. The van der Waals surface area contributed by atoms with Crippen molar-refractivity contribution in [3.63, 3.8) is 0 Å². The van der Waals surface area contributed by atoms with E-state index in [1.165, 1.54) is 4.90 Å². The predicted molar refractivity (Wildman–Crippen MR) is 107 cm³/mol. The first-order valence-electron chi connectivity index (χ1n) is 8.40. The molecule has 0 N–H and O–H groups in total. The second-order valence-corrected chi connectivity index (χ2v) is 10.2. The van der Waals surface area contributed by atoms with E-state index in [0.29, 0.717) is 0 Å². The Morgan fingerprint density at radius 1 is 0.808 bits per heavy atom. The number of nitrogens with zero attached hydrogens (tertiary/aromatic N) is 1. The summed E-state index contributed by atoms with van der Waals surface area (Å²) in [6.07, 6.45) is -0.420. The van der Waals surface area contributed by atoms with Crippen LogP contribution in [-0.4, -0.2) is 20.3 Å². The van der Waals surface area contributed by atoms with Crippen molar-refractivity contribution in [1.82, 2.24) is 0 Å². The van der Waals surface area contributed by atoms with Crippen LogP contribution in [-0.2, 0) is 9.05 Å². The minimum atomic E-state index is -3.89. The van der Waals surface area contributed by atoms with Gasteiger partial charge in [-0.05, 0) is 0 Å². The first-order valence-corrected chi connectivity index (χ1v) is 10.5. The molecule has 0 spiro atoms. The van der Waals surface area contributed by atoms with Gasteiger partial charge in [-0.25, -0.2) is 0 Å². The number of hydrogen-bond acceptors (Lipinski definition) is 3. The van der Waals surface area contributed by atoms with Crippen LogP contribution in [0.3, 0.4) is 0 Å². The van der Waals surface area contributed by atoms with Crippen molar-refractivity contribution in [3.8, 4) is 0 Å². The van der Waals surface area contributed by atoms with E-state index < -0.39 is 13.2 Å². The zero-order valence-electron chi connectivity index (χ0n) is 14.7. The molecule has 1 amide bonds. The molecule has 0 fully saturated rings. The molecule has 1 aliphatic rings. The van der Waals surface area contributed by atoms with Gasteiger partial charge in [0.1, 0.15) is 0 Å². The zero-order valence-corrected chi connectivity index (χ0v) is 15.6. The maximum atomic E-state index is 12.9. The molecule has 4 nitrogen and oxygen atoms in total. The van der Waals surface area contributed by atoms with Crippen molar-refractivity contribution < 1.29 is 13.8 Å². The SMILES string of the molecule is COP1(c2ccccc2)(c2ccccc2)OC(=O)N(C)c2ccccc21. The average molecular weight is 365 g/mol. The average Bonchev–Trinajstić information content (AvgIpc) is 2.72. The number of hydrogen-bond donors (Lipinski definition) is 0. The van der Waals surface area contributed by atoms with E-state index >= 15 is 0 Å². The molecule has 5 heteroatoms. The number of fused-ring (bicyclic) bond motifs is 1. The summed E-state index contributed by atoms with van der Waals surface area (Å²) in [6.45, 7) is 0. The Bertz CT molecular complexity index is 920. The monoisotopic (exact) mass is 365 g/mol. The summed E-state index contributed by atoms with van der Waals surface area (Å²) in [6, 6.07) is 27.4. The summed E-state index contributed by atoms with van der Waals surface area (Å²) in [7, 11) is -0.536. The number of rotatable bonds is 3. The third-order valence-corrected chi connectivity index (χ3v) is 9.93. The van der Waals surface area contributed by atoms with Crippen LogP contribution >= 0.6 is 7.06 Å². The van der Waals surface area contributed by atoms with Crippen LogP contribution in [0.15, 0.2) is 84.9 Å². The molecule has 3 aromatic rings. The van der Waals surface area contributed by atoms with E-state index in [4.69, 9.17) is 9.05 Å². The fourth-order valence-electron chi connectivity index (χ4n) is 3.73. The molecule has 132 valence electrons. The molecule has 0 aromatic heterocycles. The Balaban J connectivity index is 2.22. The molecular weight excluding hydrogens is 345 g/mol. The third kappa shape index (κ3) is 2.00. The van der Waals surface area contributed by atoms with Gasteiger partial charge in [-0.15, -0.1) is 0 Å². The van der Waals surface area contributed by atoms with E-state index in [2.05, 4.69) is 0 Å². The van der Waals surface area contributed by atoms with Gasteiger partial charge < -0.3 is 0 Å². The number of carbonyl (C=O) groups excluding carboxylic acids is 1. The summed E-state index contributed by atoms with van der Waals surface area (Å²) in [5, 5.41) is 2.61. The van der Waals surface area contributed by atoms with E-state index in [1.807, 2.05) is 84.9 Å². The number of carbonyl (C=O) groups is 1. The van der Waals surface area contributed by atoms with Gasteiger partial charge >= 0.3 is 153 Å². The van der Waals surface area contributed by atoms with Crippen LogP contribution < -0.4 is 20.8 Å². The molecule has 0 saturated carbocycles. The Morgan fingerprint density at radius 2 is 1.31 bits per heavy atom. The van der Waals surface area contributed by atoms with Crippen LogP contribution in [0.2, 0.25) is 0 Å². The first-order chi connectivity index (χ1) is 12.6. The number of anilines is 1. The van der Waals surface area contributed by atoms with Gasteiger partial charge in [0.15, 0.2) is 0 Å². The standard InChI is InChI=1S/C21H20NO3P/c1-22-19-15-9-10-16-20(19)26(24-2,25-21(22)23,17-11-5-3-6-12-17)18-13-7-4-8-14-18/h3-16H,1-2H3. The van der Waals surface area contributed by atoms with Gasteiger partial charge in [0.25, 0.3) is 0 Å². The van der Waals surface area contributed by atoms with Gasteiger partial charge in [-0.2, -0.15) is 0 Å². The van der Waals surface area contributed by atoms with Gasteiger partial charge in [0.2, 0.25) is 0 Å². The summed E-state index contributed by atoms with van der Waals surface area (Å²) in [5.74, 6) is 0. The van der Waals surface area contributed by atoms with Crippen LogP contribution in [0.4, 0.5) is 10.5 Å². The Morgan fingerprint density at radius 3 is 1.85 bits per heavy atom. The summed E-state index contributed by atoms with van der Waals surface area (Å²) < 4.78 is 12.7. The van der Waals surface area contributed by atoms with Gasteiger partial charge in [0, 0.05) is 0 Å². The molecule has 26 heavy (non-hydrogen) atoms. The molecule has 0 radical (unpaired) electrons. The fraction of sp³-hybridized carbons (Fsp3) is 0.0952. The van der Waals surface area contributed by atoms with Crippen molar-refractivity contribution in [2.24, 2.45) is 0 Å². The third-order valence-electron chi connectivity index (χ3n) is 5.01. The molecule has 1 heterocycles. The molecule has 0 saturated heterocycles. The van der Waals surface area contributed by atoms with Crippen molar-refractivity contribution in [2.45, 2.75) is 0 Å². The normalized spacial score (nSPS) is 18.9. The Labute approximate surface area is 153 Å². The van der Waals surface area contributed by atoms with Crippen molar-refractivity contribution in [2.75, 3.05) is 19.1 Å². The first kappa shape index (κ1) is 16.8. The molecule has 0 aliphatic carbocycles. The Kier molecular flexibility index (Phi) is 3.83. The van der Waals surface area contributed by atoms with E-state index in [1.54, 1.807) is 14.2 Å². The van der Waals surface area contributed by atoms with Crippen LogP contribution in [0, 0.1) is 0 Å². The van der Waals surface area contributed by atoms with Crippen LogP contribution in [0.5, 0.6) is 0 Å². The topological polar surface area (TPSA) is 38.8 Å². The minimum absolute atomic E-state index is 0.420. The molecule has 0 atom stereocenters. The summed E-state index contributed by atoms with van der Waals surface area (Å²) in [4.78, 5) is 14.5. The van der Waals surface area contributed by atoms with E-state index in [9.17, 15) is 4.79 Å². The van der Waals surface area contributed by atoms with Crippen LogP contribution in [0.25, 0.3) is 0 Å². The molecule has 4 rings (SSSR count). The summed E-state index contributed by atoms with van der Waals surface area (Å²) >= 11 is 0. The predicted octanol–water partition coefficient (Wildman–Crippen LogP) is 3.58. The molecule has 0 bridgehead atoms. The molecular formula is C21H20NO3P. The second kappa shape index (κ2) is 5.94. The molecule has 0 unspecified atom stereocenters. The second-order valence-electron chi connectivity index (χ2n) is 6.22. The molecule has 3 aromatic carbocycles. The zero-order chi connectivity index (χ0) is 18.2. The van der Waals surface area contributed by atoms with Gasteiger partial charge in [-0.1, -0.05) is 0 Å². The molecule has 1 aliphatic heterocycles. The van der Waals surface area contributed by atoms with Crippen molar-refractivity contribution in [3.05, 3.63) is 84.9 Å². The van der Waals surface area contributed by atoms with Crippen molar-refractivity contribution in [1.29, 1.82) is 0 Å². The fourth-order valence-corrected chi connectivity index (χ4v) is 8.43. The van der Waals surface area contributed by atoms with Gasteiger partial charge in [-0.3, -0.25) is 0 Å². The van der Waals surface area contributed by atoms with Gasteiger partial charge in [0.05, 0.1) is 0 Å². The summed E-state index contributed by atoms with van der Waals surface area (Å²) in [5.41, 5.74) is 0.802. The number of para-hydroxylation sites is 1. The quantitative estimate of drug-likeness (QED) is 0.666. The maximum absolute atomic E-state index is 12.9.